The number of piperidine rings is 1. The van der Waals surface area contributed by atoms with Gasteiger partial charge in [-0.15, -0.1) is 12.4 Å². The van der Waals surface area contributed by atoms with E-state index in [1.54, 1.807) is 0 Å². The fourth-order valence-electron chi connectivity index (χ4n) is 3.21. The first kappa shape index (κ1) is 15.2. The Bertz CT molecular complexity index is 200. The molecule has 0 bridgehead atoms. The molecule has 0 saturated carbocycles. The SMILES string of the molecule is CN1CCC(CN(C)CC2CCCNC2)C1.Cl. The van der Waals surface area contributed by atoms with E-state index in [2.05, 4.69) is 29.2 Å². The highest BCUT2D eigenvalue weighted by atomic mass is 35.5. The quantitative estimate of drug-likeness (QED) is 0.823. The summed E-state index contributed by atoms with van der Waals surface area (Å²) in [6.45, 7) is 7.63. The van der Waals surface area contributed by atoms with Crippen LogP contribution in [0.2, 0.25) is 0 Å². The second-order valence-electron chi connectivity index (χ2n) is 5.85. The Hall–Kier alpha value is 0.170. The maximum absolute atomic E-state index is 3.51. The lowest BCUT2D eigenvalue weighted by molar-refractivity contribution is 0.215. The molecule has 2 saturated heterocycles. The number of nitrogens with one attached hydrogen (secondary N) is 1. The fourth-order valence-corrected chi connectivity index (χ4v) is 3.21. The van der Waals surface area contributed by atoms with Crippen molar-refractivity contribution < 1.29 is 0 Å². The summed E-state index contributed by atoms with van der Waals surface area (Å²) in [7, 11) is 4.54. The molecule has 0 aromatic rings. The van der Waals surface area contributed by atoms with Gasteiger partial charge in [0.25, 0.3) is 0 Å². The molecule has 2 rings (SSSR count). The van der Waals surface area contributed by atoms with Gasteiger partial charge in [0, 0.05) is 19.6 Å². The first-order chi connectivity index (χ1) is 7.74. The van der Waals surface area contributed by atoms with E-state index < -0.39 is 0 Å². The van der Waals surface area contributed by atoms with Crippen LogP contribution in [-0.2, 0) is 0 Å². The highest BCUT2D eigenvalue weighted by Crippen LogP contribution is 2.17. The number of hydrogen-bond acceptors (Lipinski definition) is 3. The lowest BCUT2D eigenvalue weighted by atomic mass is 9.98. The van der Waals surface area contributed by atoms with Crippen LogP contribution in [0.4, 0.5) is 0 Å². The Morgan fingerprint density at radius 1 is 1.24 bits per heavy atom. The molecule has 2 unspecified atom stereocenters. The lowest BCUT2D eigenvalue weighted by Gasteiger charge is -2.29. The zero-order chi connectivity index (χ0) is 11.4. The minimum absolute atomic E-state index is 0. The topological polar surface area (TPSA) is 18.5 Å². The zero-order valence-corrected chi connectivity index (χ0v) is 12.1. The Balaban J connectivity index is 0.00000144. The van der Waals surface area contributed by atoms with Crippen molar-refractivity contribution in [1.29, 1.82) is 0 Å². The molecule has 17 heavy (non-hydrogen) atoms. The standard InChI is InChI=1S/C13H27N3.ClH/c1-15-7-5-13(10-15)11-16(2)9-12-4-3-6-14-8-12;/h12-14H,3-11H2,1-2H3;1H. The van der Waals surface area contributed by atoms with Crippen LogP contribution in [0.15, 0.2) is 0 Å². The van der Waals surface area contributed by atoms with Gasteiger partial charge in [-0.1, -0.05) is 0 Å². The molecule has 2 heterocycles. The van der Waals surface area contributed by atoms with Crippen molar-refractivity contribution in [1.82, 2.24) is 15.1 Å². The number of nitrogens with zero attached hydrogens (tertiary/aromatic N) is 2. The van der Waals surface area contributed by atoms with Gasteiger partial charge in [0.2, 0.25) is 0 Å². The molecule has 0 aliphatic carbocycles. The molecule has 4 heteroatoms. The van der Waals surface area contributed by atoms with E-state index in [9.17, 15) is 0 Å². The van der Waals surface area contributed by atoms with Crippen molar-refractivity contribution in [2.75, 3.05) is 53.4 Å². The Labute approximate surface area is 112 Å². The van der Waals surface area contributed by atoms with Gasteiger partial charge >= 0.3 is 0 Å². The summed E-state index contributed by atoms with van der Waals surface area (Å²) >= 11 is 0. The van der Waals surface area contributed by atoms with Gasteiger partial charge in [-0.2, -0.15) is 0 Å². The van der Waals surface area contributed by atoms with Crippen molar-refractivity contribution in [3.63, 3.8) is 0 Å². The average molecular weight is 262 g/mol. The summed E-state index contributed by atoms with van der Waals surface area (Å²) in [6.07, 6.45) is 4.18. The molecule has 2 aliphatic rings. The maximum atomic E-state index is 3.51. The summed E-state index contributed by atoms with van der Waals surface area (Å²) in [5, 5.41) is 3.51. The van der Waals surface area contributed by atoms with E-state index in [0.29, 0.717) is 0 Å². The van der Waals surface area contributed by atoms with Gasteiger partial charge in [0.1, 0.15) is 0 Å². The third-order valence-corrected chi connectivity index (χ3v) is 4.03. The molecule has 1 N–H and O–H groups in total. The van der Waals surface area contributed by atoms with Gasteiger partial charge in [-0.25, -0.2) is 0 Å². The molecule has 0 aromatic carbocycles. The second kappa shape index (κ2) is 7.57. The predicted molar refractivity (Wildman–Crippen MR) is 75.9 cm³/mol. The third kappa shape index (κ3) is 5.12. The first-order valence-electron chi connectivity index (χ1n) is 6.82. The highest BCUT2D eigenvalue weighted by molar-refractivity contribution is 5.85. The fraction of sp³-hybridized carbons (Fsp3) is 1.00. The van der Waals surface area contributed by atoms with Crippen molar-refractivity contribution in [3.05, 3.63) is 0 Å². The molecule has 0 radical (unpaired) electrons. The summed E-state index contributed by atoms with van der Waals surface area (Å²) in [5.74, 6) is 1.80. The average Bonchev–Trinajstić information content (AvgIpc) is 2.65. The van der Waals surface area contributed by atoms with E-state index in [1.165, 1.54) is 58.5 Å². The van der Waals surface area contributed by atoms with Crippen molar-refractivity contribution in [2.45, 2.75) is 19.3 Å². The number of likely N-dealkylation sites (tertiary alicyclic amines) is 1. The summed E-state index contributed by atoms with van der Waals surface area (Å²) in [5.41, 5.74) is 0. The molecule has 3 nitrogen and oxygen atoms in total. The molecule has 2 atom stereocenters. The molecule has 102 valence electrons. The van der Waals surface area contributed by atoms with Gasteiger partial charge in [-0.3, -0.25) is 0 Å². The van der Waals surface area contributed by atoms with Gasteiger partial charge in [0.15, 0.2) is 0 Å². The second-order valence-corrected chi connectivity index (χ2v) is 5.85. The van der Waals surface area contributed by atoms with Gasteiger partial charge in [-0.05, 0) is 64.8 Å². The molecule has 0 aromatic heterocycles. The van der Waals surface area contributed by atoms with E-state index >= 15 is 0 Å². The molecule has 0 amide bonds. The van der Waals surface area contributed by atoms with Crippen LogP contribution in [0.5, 0.6) is 0 Å². The van der Waals surface area contributed by atoms with E-state index in [1.807, 2.05) is 0 Å². The van der Waals surface area contributed by atoms with Crippen molar-refractivity contribution in [3.8, 4) is 0 Å². The highest BCUT2D eigenvalue weighted by Gasteiger charge is 2.22. The molecule has 2 aliphatic heterocycles. The van der Waals surface area contributed by atoms with Crippen LogP contribution < -0.4 is 5.32 Å². The van der Waals surface area contributed by atoms with E-state index in [4.69, 9.17) is 0 Å². The van der Waals surface area contributed by atoms with Crippen molar-refractivity contribution in [2.24, 2.45) is 11.8 Å². The van der Waals surface area contributed by atoms with Gasteiger partial charge < -0.3 is 15.1 Å². The first-order valence-corrected chi connectivity index (χ1v) is 6.82. The maximum Gasteiger partial charge on any atom is 0.00194 e. The summed E-state index contributed by atoms with van der Waals surface area (Å²) in [4.78, 5) is 5.02. The number of halogens is 1. The predicted octanol–water partition coefficient (Wildman–Crippen LogP) is 1.29. The van der Waals surface area contributed by atoms with Crippen LogP contribution in [0, 0.1) is 11.8 Å². The summed E-state index contributed by atoms with van der Waals surface area (Å²) < 4.78 is 0. The largest absolute Gasteiger partial charge is 0.316 e. The van der Waals surface area contributed by atoms with Crippen LogP contribution >= 0.6 is 12.4 Å². The molecule has 0 spiro atoms. The molecular formula is C13H28ClN3. The number of hydrogen-bond donors (Lipinski definition) is 1. The Kier molecular flexibility index (Phi) is 6.78. The van der Waals surface area contributed by atoms with Crippen LogP contribution in [-0.4, -0.2) is 63.2 Å². The van der Waals surface area contributed by atoms with E-state index in [-0.39, 0.29) is 12.4 Å². The van der Waals surface area contributed by atoms with Crippen LogP contribution in [0.25, 0.3) is 0 Å². The van der Waals surface area contributed by atoms with E-state index in [0.717, 1.165) is 11.8 Å². The van der Waals surface area contributed by atoms with Crippen molar-refractivity contribution >= 4 is 12.4 Å². The third-order valence-electron chi connectivity index (χ3n) is 4.03. The monoisotopic (exact) mass is 261 g/mol. The molecule has 2 fully saturated rings. The van der Waals surface area contributed by atoms with Crippen LogP contribution in [0.1, 0.15) is 19.3 Å². The Morgan fingerprint density at radius 3 is 2.59 bits per heavy atom. The normalized spacial score (nSPS) is 30.5. The summed E-state index contributed by atoms with van der Waals surface area (Å²) in [6, 6.07) is 0. The smallest absolute Gasteiger partial charge is 0.00194 e. The zero-order valence-electron chi connectivity index (χ0n) is 11.3. The number of rotatable bonds is 4. The Morgan fingerprint density at radius 2 is 2.00 bits per heavy atom. The minimum atomic E-state index is 0. The molecular weight excluding hydrogens is 234 g/mol. The van der Waals surface area contributed by atoms with Gasteiger partial charge in [0.05, 0.1) is 0 Å². The minimum Gasteiger partial charge on any atom is -0.316 e. The lowest BCUT2D eigenvalue weighted by Crippen LogP contribution is -2.38. The van der Waals surface area contributed by atoms with Crippen LogP contribution in [0.3, 0.4) is 0 Å².